The maximum Gasteiger partial charge on any atom is 0.134 e. The molecule has 2 rings (SSSR count). The number of hydrogen-bond acceptors (Lipinski definition) is 4. The number of halogens is 1. The molecule has 0 aliphatic carbocycles. The van der Waals surface area contributed by atoms with Gasteiger partial charge in [-0.1, -0.05) is 22.0 Å². The first-order valence-electron chi connectivity index (χ1n) is 5.77. The smallest absolute Gasteiger partial charge is 0.134 e. The van der Waals surface area contributed by atoms with Crippen molar-refractivity contribution in [1.82, 2.24) is 15.3 Å². The minimum Gasteiger partial charge on any atom is -0.340 e. The maximum atomic E-state index is 4.46. The van der Waals surface area contributed by atoms with Crippen molar-refractivity contribution in [2.45, 2.75) is 6.42 Å². The van der Waals surface area contributed by atoms with Crippen LogP contribution < -0.4 is 10.6 Å². The summed E-state index contributed by atoms with van der Waals surface area (Å²) in [5, 5.41) is 6.35. The molecule has 0 fully saturated rings. The van der Waals surface area contributed by atoms with Crippen molar-refractivity contribution in [2.75, 3.05) is 18.9 Å². The van der Waals surface area contributed by atoms with Crippen LogP contribution in [0.2, 0.25) is 0 Å². The van der Waals surface area contributed by atoms with Gasteiger partial charge >= 0.3 is 0 Å². The Balaban J connectivity index is 2.09. The first-order chi connectivity index (χ1) is 8.78. The summed E-state index contributed by atoms with van der Waals surface area (Å²) in [5.41, 5.74) is 1.00. The van der Waals surface area contributed by atoms with E-state index in [-0.39, 0.29) is 0 Å². The molecule has 0 aliphatic heterocycles. The van der Waals surface area contributed by atoms with Gasteiger partial charge in [0.1, 0.15) is 11.6 Å². The third-order valence-electron chi connectivity index (χ3n) is 2.40. The lowest BCUT2D eigenvalue weighted by Crippen LogP contribution is -2.12. The van der Waals surface area contributed by atoms with Crippen LogP contribution in [0.1, 0.15) is 5.82 Å². The standard InChI is InChI=1S/C13H15BrN4/c1-15-7-5-12-16-8-6-13(18-12)17-11-4-2-3-10(14)9-11/h2-4,6,8-9,15H,5,7H2,1H3,(H,16,17,18). The second-order valence-electron chi connectivity index (χ2n) is 3.85. The minimum absolute atomic E-state index is 0.814. The van der Waals surface area contributed by atoms with Gasteiger partial charge in [-0.25, -0.2) is 9.97 Å². The van der Waals surface area contributed by atoms with Gasteiger partial charge in [-0.05, 0) is 31.3 Å². The van der Waals surface area contributed by atoms with Gasteiger partial charge in [0.15, 0.2) is 0 Å². The van der Waals surface area contributed by atoms with Crippen LogP contribution in [-0.2, 0) is 6.42 Å². The van der Waals surface area contributed by atoms with Crippen LogP contribution in [0.3, 0.4) is 0 Å². The number of nitrogens with one attached hydrogen (secondary N) is 2. The highest BCUT2D eigenvalue weighted by atomic mass is 79.9. The molecule has 2 N–H and O–H groups in total. The quantitative estimate of drug-likeness (QED) is 0.892. The number of rotatable bonds is 5. The van der Waals surface area contributed by atoms with Gasteiger partial charge in [-0.2, -0.15) is 0 Å². The van der Waals surface area contributed by atoms with Crippen molar-refractivity contribution < 1.29 is 0 Å². The molecule has 0 spiro atoms. The molecule has 18 heavy (non-hydrogen) atoms. The van der Waals surface area contributed by atoms with Gasteiger partial charge in [-0.15, -0.1) is 0 Å². The van der Waals surface area contributed by atoms with E-state index >= 15 is 0 Å². The average Bonchev–Trinajstić information content (AvgIpc) is 2.37. The normalized spacial score (nSPS) is 10.3. The summed E-state index contributed by atoms with van der Waals surface area (Å²) in [7, 11) is 1.92. The summed E-state index contributed by atoms with van der Waals surface area (Å²) in [6.45, 7) is 0.875. The zero-order chi connectivity index (χ0) is 12.8. The van der Waals surface area contributed by atoms with Crippen LogP contribution in [-0.4, -0.2) is 23.6 Å². The molecule has 0 saturated heterocycles. The Bertz CT molecular complexity index is 516. The number of benzene rings is 1. The second-order valence-corrected chi connectivity index (χ2v) is 4.76. The number of aromatic nitrogens is 2. The molecule has 0 unspecified atom stereocenters. The van der Waals surface area contributed by atoms with Crippen LogP contribution in [0.5, 0.6) is 0 Å². The van der Waals surface area contributed by atoms with Crippen LogP contribution in [0.4, 0.5) is 11.5 Å². The zero-order valence-corrected chi connectivity index (χ0v) is 11.7. The fourth-order valence-corrected chi connectivity index (χ4v) is 1.94. The summed E-state index contributed by atoms with van der Waals surface area (Å²) in [6.07, 6.45) is 2.60. The molecule has 1 aromatic carbocycles. The second kappa shape index (κ2) is 6.47. The summed E-state index contributed by atoms with van der Waals surface area (Å²) in [6, 6.07) is 9.85. The molecule has 2 aromatic rings. The van der Waals surface area contributed by atoms with Gasteiger partial charge in [0, 0.05) is 29.3 Å². The Kier molecular flexibility index (Phi) is 4.66. The van der Waals surface area contributed by atoms with Crippen molar-refractivity contribution >= 4 is 27.4 Å². The molecule has 0 amide bonds. The monoisotopic (exact) mass is 306 g/mol. The van der Waals surface area contributed by atoms with E-state index in [2.05, 4.69) is 36.5 Å². The average molecular weight is 307 g/mol. The topological polar surface area (TPSA) is 49.8 Å². The van der Waals surface area contributed by atoms with Gasteiger partial charge in [0.05, 0.1) is 0 Å². The molecule has 0 radical (unpaired) electrons. The molecule has 0 aliphatic rings. The Morgan fingerprint density at radius 1 is 1.28 bits per heavy atom. The molecular weight excluding hydrogens is 292 g/mol. The zero-order valence-electron chi connectivity index (χ0n) is 10.2. The predicted molar refractivity (Wildman–Crippen MR) is 77.1 cm³/mol. The van der Waals surface area contributed by atoms with Crippen LogP contribution in [0, 0.1) is 0 Å². The van der Waals surface area contributed by atoms with Gasteiger partial charge in [0.25, 0.3) is 0 Å². The summed E-state index contributed by atoms with van der Waals surface area (Å²) < 4.78 is 1.04. The lowest BCUT2D eigenvalue weighted by atomic mass is 10.3. The summed E-state index contributed by atoms with van der Waals surface area (Å²) >= 11 is 3.44. The molecule has 0 atom stereocenters. The van der Waals surface area contributed by atoms with E-state index in [1.807, 2.05) is 37.4 Å². The number of likely N-dealkylation sites (N-methyl/N-ethyl adjacent to an activating group) is 1. The summed E-state index contributed by atoms with van der Waals surface area (Å²) in [4.78, 5) is 8.69. The van der Waals surface area contributed by atoms with Crippen LogP contribution >= 0.6 is 15.9 Å². The Morgan fingerprint density at radius 2 is 2.17 bits per heavy atom. The Hall–Kier alpha value is -1.46. The number of anilines is 2. The lowest BCUT2D eigenvalue weighted by molar-refractivity contribution is 0.756. The van der Waals surface area contributed by atoms with E-state index in [1.54, 1.807) is 6.20 Å². The van der Waals surface area contributed by atoms with E-state index in [9.17, 15) is 0 Å². The number of nitrogens with zero attached hydrogens (tertiary/aromatic N) is 2. The molecule has 0 saturated carbocycles. The van der Waals surface area contributed by atoms with Gasteiger partial charge < -0.3 is 10.6 Å². The van der Waals surface area contributed by atoms with Crippen LogP contribution in [0.25, 0.3) is 0 Å². The van der Waals surface area contributed by atoms with Crippen LogP contribution in [0.15, 0.2) is 41.0 Å². The molecular formula is C13H15BrN4. The summed E-state index contributed by atoms with van der Waals surface area (Å²) in [5.74, 6) is 1.65. The first-order valence-corrected chi connectivity index (χ1v) is 6.56. The third-order valence-corrected chi connectivity index (χ3v) is 2.89. The van der Waals surface area contributed by atoms with Crippen molar-refractivity contribution in [2.24, 2.45) is 0 Å². The fourth-order valence-electron chi connectivity index (χ4n) is 1.54. The Morgan fingerprint density at radius 3 is 2.94 bits per heavy atom. The van der Waals surface area contributed by atoms with E-state index in [0.717, 1.165) is 34.8 Å². The highest BCUT2D eigenvalue weighted by Crippen LogP contribution is 2.18. The third kappa shape index (κ3) is 3.78. The highest BCUT2D eigenvalue weighted by molar-refractivity contribution is 9.10. The van der Waals surface area contributed by atoms with Crippen molar-refractivity contribution in [3.05, 3.63) is 46.8 Å². The number of hydrogen-bond donors (Lipinski definition) is 2. The molecule has 4 nitrogen and oxygen atoms in total. The fraction of sp³-hybridized carbons (Fsp3) is 0.231. The van der Waals surface area contributed by atoms with Crippen molar-refractivity contribution in [1.29, 1.82) is 0 Å². The van der Waals surface area contributed by atoms with Gasteiger partial charge in [-0.3, -0.25) is 0 Å². The maximum absolute atomic E-state index is 4.46. The molecule has 0 bridgehead atoms. The molecule has 5 heteroatoms. The van der Waals surface area contributed by atoms with Crippen molar-refractivity contribution in [3.8, 4) is 0 Å². The first kappa shape index (κ1) is 13.0. The van der Waals surface area contributed by atoms with Gasteiger partial charge in [0.2, 0.25) is 0 Å². The SMILES string of the molecule is CNCCc1nccc(Nc2cccc(Br)c2)n1. The molecule has 1 aromatic heterocycles. The van der Waals surface area contributed by atoms with E-state index in [0.29, 0.717) is 0 Å². The van der Waals surface area contributed by atoms with E-state index in [4.69, 9.17) is 0 Å². The highest BCUT2D eigenvalue weighted by Gasteiger charge is 2.00. The van der Waals surface area contributed by atoms with E-state index < -0.39 is 0 Å². The Labute approximate surface area is 115 Å². The van der Waals surface area contributed by atoms with Crippen molar-refractivity contribution in [3.63, 3.8) is 0 Å². The van der Waals surface area contributed by atoms with E-state index in [1.165, 1.54) is 0 Å². The molecule has 94 valence electrons. The predicted octanol–water partition coefficient (Wildman–Crippen LogP) is 2.74. The lowest BCUT2D eigenvalue weighted by Gasteiger charge is -2.07. The largest absolute Gasteiger partial charge is 0.340 e. The minimum atomic E-state index is 0.814. The molecule has 1 heterocycles.